The Balaban J connectivity index is 2.05. The third kappa shape index (κ3) is 3.08. The molecule has 1 N–H and O–H groups in total. The molecule has 102 valence electrons. The molecule has 0 unspecified atom stereocenters. The number of benzene rings is 1. The normalized spacial score (nSPS) is 12.4. The maximum absolute atomic E-state index is 5.96. The maximum atomic E-state index is 5.96. The quantitative estimate of drug-likeness (QED) is 0.915. The highest BCUT2D eigenvalue weighted by Crippen LogP contribution is 2.24. The molecule has 0 spiro atoms. The van der Waals surface area contributed by atoms with Crippen molar-refractivity contribution < 1.29 is 4.74 Å². The van der Waals surface area contributed by atoms with Crippen LogP contribution in [0.1, 0.15) is 24.4 Å². The fourth-order valence-electron chi connectivity index (χ4n) is 1.97. The third-order valence-corrected chi connectivity index (χ3v) is 3.55. The molecule has 1 atom stereocenters. The highest BCUT2D eigenvalue weighted by Gasteiger charge is 2.11. The van der Waals surface area contributed by atoms with Crippen molar-refractivity contribution in [3.8, 4) is 5.75 Å². The zero-order valence-electron chi connectivity index (χ0n) is 11.4. The van der Waals surface area contributed by atoms with Gasteiger partial charge in [0, 0.05) is 18.7 Å². The van der Waals surface area contributed by atoms with Gasteiger partial charge in [0.1, 0.15) is 16.7 Å². The van der Waals surface area contributed by atoms with Crippen LogP contribution in [-0.2, 0) is 13.6 Å². The number of ether oxygens (including phenoxy) is 1. The van der Waals surface area contributed by atoms with E-state index in [9.17, 15) is 0 Å². The summed E-state index contributed by atoms with van der Waals surface area (Å²) in [4.78, 5) is 4.26. The molecule has 0 radical (unpaired) electrons. The molecule has 1 aromatic carbocycles. The van der Waals surface area contributed by atoms with Crippen molar-refractivity contribution >= 4 is 11.6 Å². The second-order valence-corrected chi connectivity index (χ2v) is 4.79. The lowest BCUT2D eigenvalue weighted by Gasteiger charge is -2.17. The summed E-state index contributed by atoms with van der Waals surface area (Å²) in [5, 5.41) is 4.06. The summed E-state index contributed by atoms with van der Waals surface area (Å²) >= 11 is 5.96. The van der Waals surface area contributed by atoms with E-state index >= 15 is 0 Å². The standard InChI is InChI=1S/C14H18ClN3O/c1-10(11-6-4-5-7-12(11)19-3)16-9-14-17-8-13(15)18(14)2/h4-8,10,16H,9H2,1-3H3/t10-/m1/s1. The van der Waals surface area contributed by atoms with Gasteiger partial charge < -0.3 is 14.6 Å². The van der Waals surface area contributed by atoms with Crippen LogP contribution in [-0.4, -0.2) is 16.7 Å². The van der Waals surface area contributed by atoms with Crippen molar-refractivity contribution in [2.75, 3.05) is 7.11 Å². The van der Waals surface area contributed by atoms with Gasteiger partial charge >= 0.3 is 0 Å². The van der Waals surface area contributed by atoms with Gasteiger partial charge in [-0.25, -0.2) is 4.98 Å². The topological polar surface area (TPSA) is 39.1 Å². The minimum absolute atomic E-state index is 0.173. The lowest BCUT2D eigenvalue weighted by Crippen LogP contribution is -2.20. The van der Waals surface area contributed by atoms with Gasteiger partial charge in [0.25, 0.3) is 0 Å². The minimum Gasteiger partial charge on any atom is -0.496 e. The number of hydrogen-bond donors (Lipinski definition) is 1. The van der Waals surface area contributed by atoms with Crippen molar-refractivity contribution in [3.05, 3.63) is 47.0 Å². The molecule has 0 fully saturated rings. The first-order chi connectivity index (χ1) is 9.13. The van der Waals surface area contributed by atoms with Crippen molar-refractivity contribution in [2.45, 2.75) is 19.5 Å². The molecule has 0 amide bonds. The van der Waals surface area contributed by atoms with E-state index in [-0.39, 0.29) is 6.04 Å². The van der Waals surface area contributed by atoms with Crippen molar-refractivity contribution in [3.63, 3.8) is 0 Å². The largest absolute Gasteiger partial charge is 0.496 e. The van der Waals surface area contributed by atoms with Gasteiger partial charge in [-0.05, 0) is 13.0 Å². The van der Waals surface area contributed by atoms with E-state index < -0.39 is 0 Å². The Morgan fingerprint density at radius 3 is 2.79 bits per heavy atom. The molecule has 19 heavy (non-hydrogen) atoms. The second-order valence-electron chi connectivity index (χ2n) is 4.40. The van der Waals surface area contributed by atoms with Crippen LogP contribution in [0.3, 0.4) is 0 Å². The van der Waals surface area contributed by atoms with Crippen molar-refractivity contribution in [1.29, 1.82) is 0 Å². The Morgan fingerprint density at radius 1 is 1.42 bits per heavy atom. The molecule has 2 aromatic rings. The molecule has 0 aliphatic carbocycles. The zero-order valence-corrected chi connectivity index (χ0v) is 12.1. The third-order valence-electron chi connectivity index (χ3n) is 3.20. The smallest absolute Gasteiger partial charge is 0.128 e. The summed E-state index contributed by atoms with van der Waals surface area (Å²) in [5.74, 6) is 1.80. The molecule has 0 aliphatic heterocycles. The number of imidazole rings is 1. The second kappa shape index (κ2) is 6.08. The summed E-state index contributed by atoms with van der Waals surface area (Å²) in [6.45, 7) is 2.75. The molecule has 0 saturated carbocycles. The number of nitrogens with one attached hydrogen (secondary N) is 1. The number of halogens is 1. The van der Waals surface area contributed by atoms with Crippen LogP contribution >= 0.6 is 11.6 Å². The fraction of sp³-hybridized carbons (Fsp3) is 0.357. The highest BCUT2D eigenvalue weighted by atomic mass is 35.5. The lowest BCUT2D eigenvalue weighted by atomic mass is 10.1. The molecule has 1 aromatic heterocycles. The summed E-state index contributed by atoms with van der Waals surface area (Å²) < 4.78 is 7.23. The Hall–Kier alpha value is -1.52. The van der Waals surface area contributed by atoms with Gasteiger partial charge in [-0.15, -0.1) is 0 Å². The molecule has 4 nitrogen and oxygen atoms in total. The lowest BCUT2D eigenvalue weighted by molar-refractivity contribution is 0.401. The molecular weight excluding hydrogens is 262 g/mol. The van der Waals surface area contributed by atoms with Crippen LogP contribution in [0.15, 0.2) is 30.5 Å². The minimum atomic E-state index is 0.173. The number of hydrogen-bond acceptors (Lipinski definition) is 3. The number of aromatic nitrogens is 2. The van der Waals surface area contributed by atoms with Crippen molar-refractivity contribution in [1.82, 2.24) is 14.9 Å². The Bertz CT molecular complexity index is 553. The van der Waals surface area contributed by atoms with E-state index in [0.717, 1.165) is 17.1 Å². The van der Waals surface area contributed by atoms with E-state index in [1.54, 1.807) is 13.3 Å². The summed E-state index contributed by atoms with van der Waals surface area (Å²) in [7, 11) is 3.59. The molecule has 0 saturated heterocycles. The van der Waals surface area contributed by atoms with Crippen LogP contribution in [0, 0.1) is 0 Å². The maximum Gasteiger partial charge on any atom is 0.128 e. The average molecular weight is 280 g/mol. The SMILES string of the molecule is COc1ccccc1[C@@H](C)NCc1ncc(Cl)n1C. The van der Waals surface area contributed by atoms with Gasteiger partial charge in [-0.1, -0.05) is 29.8 Å². The Labute approximate surface area is 118 Å². The first-order valence-corrected chi connectivity index (χ1v) is 6.53. The van der Waals surface area contributed by atoms with E-state index in [0.29, 0.717) is 11.7 Å². The van der Waals surface area contributed by atoms with Gasteiger partial charge in [-0.3, -0.25) is 0 Å². The van der Waals surface area contributed by atoms with Crippen LogP contribution in [0.2, 0.25) is 5.15 Å². The molecule has 0 bridgehead atoms. The summed E-state index contributed by atoms with van der Waals surface area (Å²) in [6, 6.07) is 8.17. The summed E-state index contributed by atoms with van der Waals surface area (Å²) in [5.41, 5.74) is 1.13. The first kappa shape index (κ1) is 13.9. The van der Waals surface area contributed by atoms with Gasteiger partial charge in [0.2, 0.25) is 0 Å². The van der Waals surface area contributed by atoms with E-state index in [1.807, 2.05) is 29.8 Å². The number of rotatable bonds is 5. The highest BCUT2D eigenvalue weighted by molar-refractivity contribution is 6.29. The average Bonchev–Trinajstić information content (AvgIpc) is 2.76. The monoisotopic (exact) mass is 279 g/mol. The molecule has 1 heterocycles. The predicted octanol–water partition coefficient (Wildman–Crippen LogP) is 2.93. The van der Waals surface area contributed by atoms with Crippen LogP contribution in [0.5, 0.6) is 5.75 Å². The molecule has 5 heteroatoms. The fourth-order valence-corrected chi connectivity index (χ4v) is 2.11. The van der Waals surface area contributed by atoms with E-state index in [1.165, 1.54) is 0 Å². The van der Waals surface area contributed by atoms with Crippen LogP contribution < -0.4 is 10.1 Å². The number of nitrogens with zero attached hydrogens (tertiary/aromatic N) is 2. The van der Waals surface area contributed by atoms with Gasteiger partial charge in [-0.2, -0.15) is 0 Å². The zero-order chi connectivity index (χ0) is 13.8. The van der Waals surface area contributed by atoms with E-state index in [2.05, 4.69) is 23.3 Å². The Morgan fingerprint density at radius 2 is 2.16 bits per heavy atom. The van der Waals surface area contributed by atoms with Gasteiger partial charge in [0.15, 0.2) is 0 Å². The number of para-hydroxylation sites is 1. The van der Waals surface area contributed by atoms with E-state index in [4.69, 9.17) is 16.3 Å². The van der Waals surface area contributed by atoms with Crippen molar-refractivity contribution in [2.24, 2.45) is 7.05 Å². The van der Waals surface area contributed by atoms with Crippen LogP contribution in [0.4, 0.5) is 0 Å². The first-order valence-electron chi connectivity index (χ1n) is 6.16. The summed E-state index contributed by atoms with van der Waals surface area (Å²) in [6.07, 6.45) is 1.66. The molecular formula is C14H18ClN3O. The Kier molecular flexibility index (Phi) is 4.45. The predicted molar refractivity (Wildman–Crippen MR) is 76.5 cm³/mol. The molecule has 2 rings (SSSR count). The van der Waals surface area contributed by atoms with Crippen LogP contribution in [0.25, 0.3) is 0 Å². The molecule has 0 aliphatic rings. The number of methoxy groups -OCH3 is 1. The van der Waals surface area contributed by atoms with Gasteiger partial charge in [0.05, 0.1) is 19.9 Å².